The van der Waals surface area contributed by atoms with Crippen molar-refractivity contribution < 1.29 is 0 Å². The fourth-order valence-electron chi connectivity index (χ4n) is 3.21. The predicted molar refractivity (Wildman–Crippen MR) is 78.0 cm³/mol. The lowest BCUT2D eigenvalue weighted by atomic mass is 9.87. The molecule has 2 fully saturated rings. The van der Waals surface area contributed by atoms with Crippen molar-refractivity contribution in [3.05, 3.63) is 0 Å². The third kappa shape index (κ3) is 4.87. The predicted octanol–water partition coefficient (Wildman–Crippen LogP) is 1.79. The van der Waals surface area contributed by atoms with Crippen molar-refractivity contribution in [3.8, 4) is 0 Å². The Hall–Kier alpha value is -0.120. The van der Waals surface area contributed by atoms with Crippen molar-refractivity contribution in [2.75, 3.05) is 46.3 Å². The highest BCUT2D eigenvalue weighted by molar-refractivity contribution is 4.76. The van der Waals surface area contributed by atoms with E-state index in [9.17, 15) is 0 Å². The number of hydrogen-bond acceptors (Lipinski definition) is 3. The van der Waals surface area contributed by atoms with Crippen LogP contribution in [0.1, 0.15) is 39.0 Å². The first kappa shape index (κ1) is 14.3. The van der Waals surface area contributed by atoms with Gasteiger partial charge < -0.3 is 15.1 Å². The van der Waals surface area contributed by atoms with Crippen LogP contribution in [0.5, 0.6) is 0 Å². The molecule has 106 valence electrons. The van der Waals surface area contributed by atoms with Gasteiger partial charge in [-0.15, -0.1) is 0 Å². The summed E-state index contributed by atoms with van der Waals surface area (Å²) in [4.78, 5) is 5.08. The van der Waals surface area contributed by atoms with Crippen LogP contribution < -0.4 is 5.32 Å². The van der Waals surface area contributed by atoms with Crippen molar-refractivity contribution >= 4 is 0 Å². The normalized spacial score (nSPS) is 32.3. The Morgan fingerprint density at radius 1 is 1.00 bits per heavy atom. The van der Waals surface area contributed by atoms with Gasteiger partial charge in [-0.3, -0.25) is 0 Å². The Bertz CT molecular complexity index is 224. The third-order valence-electron chi connectivity index (χ3n) is 4.69. The molecule has 1 N–H and O–H groups in total. The van der Waals surface area contributed by atoms with Crippen molar-refractivity contribution in [2.24, 2.45) is 5.92 Å². The highest BCUT2D eigenvalue weighted by Crippen LogP contribution is 2.23. The summed E-state index contributed by atoms with van der Waals surface area (Å²) in [5.74, 6) is 0.962. The zero-order valence-corrected chi connectivity index (χ0v) is 12.3. The molecule has 0 unspecified atom stereocenters. The van der Waals surface area contributed by atoms with E-state index in [1.165, 1.54) is 71.4 Å². The minimum atomic E-state index is 0.802. The summed E-state index contributed by atoms with van der Waals surface area (Å²) in [7, 11) is 2.24. The molecule has 2 aliphatic rings. The van der Waals surface area contributed by atoms with Crippen LogP contribution in [0.2, 0.25) is 0 Å². The van der Waals surface area contributed by atoms with E-state index in [4.69, 9.17) is 0 Å². The molecule has 0 atom stereocenters. The Morgan fingerprint density at radius 2 is 1.78 bits per heavy atom. The average molecular weight is 253 g/mol. The highest BCUT2D eigenvalue weighted by atomic mass is 15.2. The number of nitrogens with one attached hydrogen (secondary N) is 1. The largest absolute Gasteiger partial charge is 0.313 e. The molecule has 3 heteroatoms. The summed E-state index contributed by atoms with van der Waals surface area (Å²) >= 11 is 0. The Balaban J connectivity index is 1.57. The number of likely N-dealkylation sites (N-methyl/N-ethyl adjacent to an activating group) is 1. The molecule has 1 saturated carbocycles. The SMILES string of the molecule is CC1CCC(NCCN2CCCN(C)CC2)CC1. The number of hydrogen-bond donors (Lipinski definition) is 1. The summed E-state index contributed by atoms with van der Waals surface area (Å²) in [5.41, 5.74) is 0. The maximum atomic E-state index is 3.77. The third-order valence-corrected chi connectivity index (χ3v) is 4.69. The molecule has 1 aliphatic heterocycles. The Kier molecular flexibility index (Phi) is 5.93. The fraction of sp³-hybridized carbons (Fsp3) is 1.00. The lowest BCUT2D eigenvalue weighted by Crippen LogP contribution is -2.39. The molecular formula is C15H31N3. The molecule has 0 bridgehead atoms. The van der Waals surface area contributed by atoms with Gasteiger partial charge in [-0.05, 0) is 58.2 Å². The minimum Gasteiger partial charge on any atom is -0.313 e. The molecule has 3 nitrogen and oxygen atoms in total. The lowest BCUT2D eigenvalue weighted by molar-refractivity contribution is 0.256. The Labute approximate surface area is 113 Å². The van der Waals surface area contributed by atoms with Gasteiger partial charge in [0, 0.05) is 32.2 Å². The Morgan fingerprint density at radius 3 is 2.56 bits per heavy atom. The molecule has 0 aromatic heterocycles. The zero-order chi connectivity index (χ0) is 12.8. The van der Waals surface area contributed by atoms with Crippen molar-refractivity contribution in [1.82, 2.24) is 15.1 Å². The summed E-state index contributed by atoms with van der Waals surface area (Å²) in [5, 5.41) is 3.77. The molecular weight excluding hydrogens is 222 g/mol. The van der Waals surface area contributed by atoms with Gasteiger partial charge in [0.05, 0.1) is 0 Å². The van der Waals surface area contributed by atoms with Gasteiger partial charge in [-0.1, -0.05) is 6.92 Å². The first-order valence-corrected chi connectivity index (χ1v) is 7.88. The number of nitrogens with zero attached hydrogens (tertiary/aromatic N) is 2. The molecule has 2 rings (SSSR count). The molecule has 0 amide bonds. The van der Waals surface area contributed by atoms with Gasteiger partial charge in [-0.2, -0.15) is 0 Å². The van der Waals surface area contributed by atoms with Crippen LogP contribution in [0.4, 0.5) is 0 Å². The quantitative estimate of drug-likeness (QED) is 0.824. The van der Waals surface area contributed by atoms with E-state index in [0.717, 1.165) is 12.0 Å². The first-order chi connectivity index (χ1) is 8.74. The van der Waals surface area contributed by atoms with Gasteiger partial charge in [0.1, 0.15) is 0 Å². The van der Waals surface area contributed by atoms with Crippen LogP contribution in [0.15, 0.2) is 0 Å². The van der Waals surface area contributed by atoms with Crippen LogP contribution >= 0.6 is 0 Å². The second-order valence-corrected chi connectivity index (χ2v) is 6.41. The van der Waals surface area contributed by atoms with E-state index in [1.54, 1.807) is 0 Å². The van der Waals surface area contributed by atoms with Gasteiger partial charge in [0.2, 0.25) is 0 Å². The second-order valence-electron chi connectivity index (χ2n) is 6.41. The average Bonchev–Trinajstić information content (AvgIpc) is 2.57. The maximum absolute atomic E-state index is 3.77. The molecule has 0 aromatic carbocycles. The van der Waals surface area contributed by atoms with Gasteiger partial charge >= 0.3 is 0 Å². The van der Waals surface area contributed by atoms with Crippen LogP contribution in [0, 0.1) is 5.92 Å². The first-order valence-electron chi connectivity index (χ1n) is 7.88. The standard InChI is InChI=1S/C15H31N3/c1-14-4-6-15(7-5-14)16-8-11-18-10-3-9-17(2)12-13-18/h14-16H,3-13H2,1-2H3. The zero-order valence-electron chi connectivity index (χ0n) is 12.3. The monoisotopic (exact) mass is 253 g/mol. The molecule has 1 aliphatic carbocycles. The molecule has 1 saturated heterocycles. The summed E-state index contributed by atoms with van der Waals surface area (Å²) < 4.78 is 0. The topological polar surface area (TPSA) is 18.5 Å². The minimum absolute atomic E-state index is 0.802. The fourth-order valence-corrected chi connectivity index (χ4v) is 3.21. The van der Waals surface area contributed by atoms with E-state index >= 15 is 0 Å². The van der Waals surface area contributed by atoms with E-state index in [1.807, 2.05) is 0 Å². The van der Waals surface area contributed by atoms with Gasteiger partial charge in [0.15, 0.2) is 0 Å². The van der Waals surface area contributed by atoms with E-state index in [-0.39, 0.29) is 0 Å². The van der Waals surface area contributed by atoms with Crippen LogP contribution in [-0.4, -0.2) is 62.2 Å². The van der Waals surface area contributed by atoms with Crippen LogP contribution in [0.25, 0.3) is 0 Å². The van der Waals surface area contributed by atoms with Gasteiger partial charge in [0.25, 0.3) is 0 Å². The summed E-state index contributed by atoms with van der Waals surface area (Å²) in [6.07, 6.45) is 6.96. The van der Waals surface area contributed by atoms with Crippen LogP contribution in [0.3, 0.4) is 0 Å². The number of rotatable bonds is 4. The molecule has 0 radical (unpaired) electrons. The maximum Gasteiger partial charge on any atom is 0.0110 e. The van der Waals surface area contributed by atoms with Crippen LogP contribution in [-0.2, 0) is 0 Å². The van der Waals surface area contributed by atoms with E-state index in [0.29, 0.717) is 0 Å². The van der Waals surface area contributed by atoms with E-state index in [2.05, 4.69) is 29.1 Å². The van der Waals surface area contributed by atoms with Crippen molar-refractivity contribution in [3.63, 3.8) is 0 Å². The highest BCUT2D eigenvalue weighted by Gasteiger charge is 2.18. The molecule has 0 aromatic rings. The van der Waals surface area contributed by atoms with Crippen molar-refractivity contribution in [1.29, 1.82) is 0 Å². The summed E-state index contributed by atoms with van der Waals surface area (Å²) in [6.45, 7) is 9.85. The van der Waals surface area contributed by atoms with Gasteiger partial charge in [-0.25, -0.2) is 0 Å². The molecule has 18 heavy (non-hydrogen) atoms. The second kappa shape index (κ2) is 7.46. The smallest absolute Gasteiger partial charge is 0.0110 e. The van der Waals surface area contributed by atoms with E-state index < -0.39 is 0 Å². The lowest BCUT2D eigenvalue weighted by Gasteiger charge is -2.28. The summed E-state index contributed by atoms with van der Waals surface area (Å²) in [6, 6.07) is 0.802. The molecule has 1 heterocycles. The van der Waals surface area contributed by atoms with Crippen molar-refractivity contribution in [2.45, 2.75) is 45.1 Å². The molecule has 0 spiro atoms.